The smallest absolute Gasteiger partial charge is 0.219 e. The highest BCUT2D eigenvalue weighted by Crippen LogP contribution is 2.24. The third-order valence-corrected chi connectivity index (χ3v) is 2.32. The molecule has 2 rings (SSSR count). The van der Waals surface area contributed by atoms with Gasteiger partial charge in [0.2, 0.25) is 6.41 Å². The topological polar surface area (TPSA) is 46.3 Å². The van der Waals surface area contributed by atoms with Crippen LogP contribution in [-0.4, -0.2) is 11.6 Å². The molecule has 16 heavy (non-hydrogen) atoms. The second-order valence-corrected chi connectivity index (χ2v) is 3.68. The molecule has 1 aromatic heterocycles. The van der Waals surface area contributed by atoms with Crippen molar-refractivity contribution in [1.29, 1.82) is 0 Å². The fraction of sp³-hybridized carbons (Fsp3) is 0.0909. The normalized spacial score (nSPS) is 10.1. The molecule has 4 nitrogen and oxygen atoms in total. The molecule has 1 heterocycles. The molecule has 0 aliphatic carbocycles. The molecular weight excluding hydrogens is 228 g/mol. The third-order valence-electron chi connectivity index (χ3n) is 2.07. The van der Waals surface area contributed by atoms with Crippen LogP contribution in [0, 0.1) is 6.92 Å². The predicted octanol–water partition coefficient (Wildman–Crippen LogP) is 2.93. The summed E-state index contributed by atoms with van der Waals surface area (Å²) in [5.41, 5.74) is 0.688. The summed E-state index contributed by atoms with van der Waals surface area (Å²) in [5.74, 6) is 1.10. The van der Waals surface area contributed by atoms with E-state index in [1.165, 1.54) is 4.90 Å². The van der Waals surface area contributed by atoms with Crippen molar-refractivity contribution in [3.63, 3.8) is 0 Å². The van der Waals surface area contributed by atoms with Gasteiger partial charge in [-0.1, -0.05) is 16.8 Å². The zero-order valence-corrected chi connectivity index (χ0v) is 9.31. The molecule has 82 valence electrons. The Morgan fingerprint density at radius 1 is 1.38 bits per heavy atom. The van der Waals surface area contributed by atoms with E-state index in [-0.39, 0.29) is 0 Å². The Morgan fingerprint density at radius 3 is 2.56 bits per heavy atom. The average Bonchev–Trinajstić information content (AvgIpc) is 2.69. The first kappa shape index (κ1) is 10.7. The molecule has 0 bridgehead atoms. The Bertz CT molecular complexity index is 493. The van der Waals surface area contributed by atoms with Crippen LogP contribution in [0.2, 0.25) is 5.02 Å². The summed E-state index contributed by atoms with van der Waals surface area (Å²) in [6.07, 6.45) is 0.681. The highest BCUT2D eigenvalue weighted by molar-refractivity contribution is 6.30. The molecule has 0 aliphatic heterocycles. The number of halogens is 1. The highest BCUT2D eigenvalue weighted by Gasteiger charge is 2.12. The average molecular weight is 237 g/mol. The van der Waals surface area contributed by atoms with E-state index in [1.54, 1.807) is 37.3 Å². The van der Waals surface area contributed by atoms with Crippen molar-refractivity contribution in [2.45, 2.75) is 6.92 Å². The molecule has 0 N–H and O–H groups in total. The van der Waals surface area contributed by atoms with Gasteiger partial charge in [0, 0.05) is 11.1 Å². The SMILES string of the molecule is Cc1cc(N(C=O)c2ccc(Cl)cc2)no1. The fourth-order valence-electron chi connectivity index (χ4n) is 1.32. The fourth-order valence-corrected chi connectivity index (χ4v) is 1.44. The summed E-state index contributed by atoms with van der Waals surface area (Å²) >= 11 is 5.77. The lowest BCUT2D eigenvalue weighted by Crippen LogP contribution is -2.14. The summed E-state index contributed by atoms with van der Waals surface area (Å²) in [5, 5.41) is 4.39. The number of hydrogen-bond acceptors (Lipinski definition) is 3. The first-order valence-corrected chi connectivity index (χ1v) is 5.02. The molecule has 0 unspecified atom stereocenters. The van der Waals surface area contributed by atoms with Gasteiger partial charge in [0.05, 0.1) is 5.69 Å². The number of carbonyl (C=O) groups excluding carboxylic acids is 1. The number of rotatable bonds is 3. The number of nitrogens with zero attached hydrogens (tertiary/aromatic N) is 2. The molecule has 2 aromatic rings. The van der Waals surface area contributed by atoms with E-state index in [0.717, 1.165) is 0 Å². The van der Waals surface area contributed by atoms with Gasteiger partial charge in [-0.25, -0.2) is 0 Å². The lowest BCUT2D eigenvalue weighted by Gasteiger charge is -2.13. The summed E-state index contributed by atoms with van der Waals surface area (Å²) in [4.78, 5) is 12.4. The first-order valence-electron chi connectivity index (χ1n) is 4.64. The van der Waals surface area contributed by atoms with Crippen LogP contribution in [0.25, 0.3) is 0 Å². The highest BCUT2D eigenvalue weighted by atomic mass is 35.5. The zero-order chi connectivity index (χ0) is 11.5. The molecule has 5 heteroatoms. The maximum absolute atomic E-state index is 11.0. The number of anilines is 2. The lowest BCUT2D eigenvalue weighted by molar-refractivity contribution is -0.106. The number of benzene rings is 1. The molecule has 1 amide bonds. The van der Waals surface area contributed by atoms with Gasteiger partial charge >= 0.3 is 0 Å². The van der Waals surface area contributed by atoms with Crippen molar-refractivity contribution in [2.75, 3.05) is 4.90 Å². The molecular formula is C11H9ClN2O2. The lowest BCUT2D eigenvalue weighted by atomic mass is 10.3. The second-order valence-electron chi connectivity index (χ2n) is 3.25. The molecule has 0 atom stereocenters. The minimum atomic E-state index is 0.454. The largest absolute Gasteiger partial charge is 0.360 e. The van der Waals surface area contributed by atoms with Crippen LogP contribution >= 0.6 is 11.6 Å². The van der Waals surface area contributed by atoms with Crippen molar-refractivity contribution >= 4 is 29.5 Å². The Labute approximate surface area is 97.4 Å². The Hall–Kier alpha value is -1.81. The van der Waals surface area contributed by atoms with Crippen molar-refractivity contribution in [3.05, 3.63) is 41.1 Å². The van der Waals surface area contributed by atoms with E-state index in [0.29, 0.717) is 28.7 Å². The summed E-state index contributed by atoms with van der Waals surface area (Å²) in [6.45, 7) is 1.77. The molecule has 0 fully saturated rings. The summed E-state index contributed by atoms with van der Waals surface area (Å²) < 4.78 is 4.92. The van der Waals surface area contributed by atoms with Gasteiger partial charge in [0.1, 0.15) is 5.76 Å². The van der Waals surface area contributed by atoms with Gasteiger partial charge in [0.15, 0.2) is 5.82 Å². The number of amides is 1. The number of hydrogen-bond donors (Lipinski definition) is 0. The molecule has 0 spiro atoms. The standard InChI is InChI=1S/C11H9ClN2O2/c1-8-6-11(13-16-8)14(7-15)10-4-2-9(12)3-5-10/h2-7H,1H3. The molecule has 1 aromatic carbocycles. The van der Waals surface area contributed by atoms with Crippen LogP contribution in [0.1, 0.15) is 5.76 Å². The molecule has 0 aliphatic rings. The Balaban J connectivity index is 2.36. The van der Waals surface area contributed by atoms with Gasteiger partial charge < -0.3 is 4.52 Å². The van der Waals surface area contributed by atoms with Crippen molar-refractivity contribution in [1.82, 2.24) is 5.16 Å². The van der Waals surface area contributed by atoms with Crippen molar-refractivity contribution < 1.29 is 9.32 Å². The molecule has 0 saturated heterocycles. The van der Waals surface area contributed by atoms with Gasteiger partial charge in [-0.15, -0.1) is 0 Å². The summed E-state index contributed by atoms with van der Waals surface area (Å²) in [7, 11) is 0. The first-order chi connectivity index (χ1) is 7.70. The van der Waals surface area contributed by atoms with Gasteiger partial charge in [-0.05, 0) is 31.2 Å². The van der Waals surface area contributed by atoms with E-state index in [2.05, 4.69) is 5.16 Å². The number of aryl methyl sites for hydroxylation is 1. The number of carbonyl (C=O) groups is 1. The van der Waals surface area contributed by atoms with E-state index in [4.69, 9.17) is 16.1 Å². The quantitative estimate of drug-likeness (QED) is 0.770. The maximum Gasteiger partial charge on any atom is 0.219 e. The van der Waals surface area contributed by atoms with Crippen LogP contribution < -0.4 is 4.90 Å². The van der Waals surface area contributed by atoms with Gasteiger partial charge in [-0.2, -0.15) is 0 Å². The molecule has 0 radical (unpaired) electrons. The minimum Gasteiger partial charge on any atom is -0.360 e. The van der Waals surface area contributed by atoms with E-state index in [9.17, 15) is 4.79 Å². The predicted molar refractivity (Wildman–Crippen MR) is 60.9 cm³/mol. The summed E-state index contributed by atoms with van der Waals surface area (Å²) in [6, 6.07) is 8.57. The van der Waals surface area contributed by atoms with Crippen LogP contribution in [0.15, 0.2) is 34.9 Å². The van der Waals surface area contributed by atoms with Crippen molar-refractivity contribution in [3.8, 4) is 0 Å². The minimum absolute atomic E-state index is 0.454. The Morgan fingerprint density at radius 2 is 2.06 bits per heavy atom. The molecule has 0 saturated carbocycles. The van der Waals surface area contributed by atoms with Crippen LogP contribution in [-0.2, 0) is 4.79 Å². The van der Waals surface area contributed by atoms with Gasteiger partial charge in [-0.3, -0.25) is 9.69 Å². The van der Waals surface area contributed by atoms with Crippen LogP contribution in [0.3, 0.4) is 0 Å². The van der Waals surface area contributed by atoms with Crippen LogP contribution in [0.4, 0.5) is 11.5 Å². The van der Waals surface area contributed by atoms with Crippen LogP contribution in [0.5, 0.6) is 0 Å². The van der Waals surface area contributed by atoms with E-state index >= 15 is 0 Å². The monoisotopic (exact) mass is 236 g/mol. The van der Waals surface area contributed by atoms with E-state index in [1.807, 2.05) is 0 Å². The van der Waals surface area contributed by atoms with Crippen molar-refractivity contribution in [2.24, 2.45) is 0 Å². The zero-order valence-electron chi connectivity index (χ0n) is 8.55. The maximum atomic E-state index is 11.0. The van der Waals surface area contributed by atoms with Gasteiger partial charge in [0.25, 0.3) is 0 Å². The third kappa shape index (κ3) is 2.06. The Kier molecular flexibility index (Phi) is 2.92. The second kappa shape index (κ2) is 4.37. The van der Waals surface area contributed by atoms with E-state index < -0.39 is 0 Å². The number of aromatic nitrogens is 1.